The van der Waals surface area contributed by atoms with Crippen LogP contribution in [0.2, 0.25) is 0 Å². The largest absolute Gasteiger partial charge is 0.318 e. The summed E-state index contributed by atoms with van der Waals surface area (Å²) in [6.45, 7) is 7.49. The lowest BCUT2D eigenvalue weighted by Crippen LogP contribution is -1.99. The number of nitro benzene ring substituents is 1. The third-order valence-corrected chi connectivity index (χ3v) is 4.73. The quantitative estimate of drug-likeness (QED) is 0.348. The van der Waals surface area contributed by atoms with E-state index in [1.807, 2.05) is 37.5 Å². The van der Waals surface area contributed by atoms with Gasteiger partial charge in [0.2, 0.25) is 0 Å². The molecular weight excluding hydrogens is 345 g/mol. The van der Waals surface area contributed by atoms with Crippen LogP contribution in [0.1, 0.15) is 28.1 Å². The zero-order valence-electron chi connectivity index (χ0n) is 15.7. The summed E-state index contributed by atoms with van der Waals surface area (Å²) in [5, 5.41) is 11.2. The fourth-order valence-corrected chi connectivity index (χ4v) is 3.14. The van der Waals surface area contributed by atoms with Crippen LogP contribution in [-0.2, 0) is 0 Å². The molecule has 0 saturated heterocycles. The standard InChI is InChI=1S/C21H20FN3O2/c1-13-9-19(11-21(15(13)3)25(26)27)23-12-17-10-14(2)24(16(17)4)20-7-5-18(22)6-8-20/h5-12H,1-4H3. The van der Waals surface area contributed by atoms with Crippen molar-refractivity contribution in [1.82, 2.24) is 4.57 Å². The minimum atomic E-state index is -0.387. The second-order valence-corrected chi connectivity index (χ2v) is 6.56. The summed E-state index contributed by atoms with van der Waals surface area (Å²) < 4.78 is 15.2. The number of benzene rings is 2. The molecule has 0 saturated carbocycles. The molecule has 0 atom stereocenters. The van der Waals surface area contributed by atoms with Crippen LogP contribution in [0.4, 0.5) is 15.8 Å². The summed E-state index contributed by atoms with van der Waals surface area (Å²) in [6.07, 6.45) is 1.70. The van der Waals surface area contributed by atoms with Crippen molar-refractivity contribution in [3.8, 4) is 5.69 Å². The Bertz CT molecular complexity index is 1050. The second-order valence-electron chi connectivity index (χ2n) is 6.56. The molecular formula is C21H20FN3O2. The van der Waals surface area contributed by atoms with Gasteiger partial charge in [0.1, 0.15) is 5.82 Å². The van der Waals surface area contributed by atoms with Gasteiger partial charge in [-0.15, -0.1) is 0 Å². The average molecular weight is 365 g/mol. The summed E-state index contributed by atoms with van der Waals surface area (Å²) >= 11 is 0. The smallest absolute Gasteiger partial charge is 0.274 e. The summed E-state index contributed by atoms with van der Waals surface area (Å²) in [6, 6.07) is 11.6. The van der Waals surface area contributed by atoms with Crippen LogP contribution in [0.15, 0.2) is 47.5 Å². The van der Waals surface area contributed by atoms with E-state index in [4.69, 9.17) is 0 Å². The van der Waals surface area contributed by atoms with Crippen molar-refractivity contribution in [2.75, 3.05) is 0 Å². The predicted octanol–water partition coefficient (Wildman–Crippen LogP) is 5.51. The highest BCUT2D eigenvalue weighted by molar-refractivity contribution is 5.84. The molecule has 6 heteroatoms. The third-order valence-electron chi connectivity index (χ3n) is 4.73. The first kappa shape index (κ1) is 18.5. The van der Waals surface area contributed by atoms with Gasteiger partial charge in [0.25, 0.3) is 5.69 Å². The number of hydrogen-bond acceptors (Lipinski definition) is 3. The van der Waals surface area contributed by atoms with E-state index in [0.29, 0.717) is 11.3 Å². The summed E-state index contributed by atoms with van der Waals surface area (Å²) in [5.74, 6) is -0.278. The number of rotatable bonds is 4. The Hall–Kier alpha value is -3.28. The predicted molar refractivity (Wildman–Crippen MR) is 105 cm³/mol. The number of aryl methyl sites for hydroxylation is 2. The average Bonchev–Trinajstić information content (AvgIpc) is 2.90. The zero-order valence-corrected chi connectivity index (χ0v) is 15.7. The van der Waals surface area contributed by atoms with Crippen LogP contribution < -0.4 is 0 Å². The van der Waals surface area contributed by atoms with Crippen LogP contribution in [0.5, 0.6) is 0 Å². The maximum Gasteiger partial charge on any atom is 0.274 e. The number of halogens is 1. The van der Waals surface area contributed by atoms with Crippen LogP contribution in [0.3, 0.4) is 0 Å². The normalized spacial score (nSPS) is 11.3. The number of aromatic nitrogens is 1. The Balaban J connectivity index is 1.99. The number of nitrogens with zero attached hydrogens (tertiary/aromatic N) is 3. The molecule has 0 bridgehead atoms. The Kier molecular flexibility index (Phi) is 4.90. The highest BCUT2D eigenvalue weighted by Gasteiger charge is 2.14. The molecule has 0 aliphatic rings. The Morgan fingerprint density at radius 1 is 1.07 bits per heavy atom. The highest BCUT2D eigenvalue weighted by Crippen LogP contribution is 2.28. The van der Waals surface area contributed by atoms with Crippen molar-refractivity contribution in [1.29, 1.82) is 0 Å². The molecule has 0 radical (unpaired) electrons. The molecule has 3 aromatic rings. The molecule has 2 aromatic carbocycles. The molecule has 0 amide bonds. The fraction of sp³-hybridized carbons (Fsp3) is 0.190. The van der Waals surface area contributed by atoms with Crippen molar-refractivity contribution >= 4 is 17.6 Å². The van der Waals surface area contributed by atoms with Crippen molar-refractivity contribution in [3.05, 3.63) is 86.5 Å². The van der Waals surface area contributed by atoms with Crippen LogP contribution >= 0.6 is 0 Å². The van der Waals surface area contributed by atoms with Crippen LogP contribution in [-0.4, -0.2) is 15.7 Å². The molecule has 0 aliphatic carbocycles. The monoisotopic (exact) mass is 365 g/mol. The molecule has 27 heavy (non-hydrogen) atoms. The minimum absolute atomic E-state index is 0.0685. The summed E-state index contributed by atoms with van der Waals surface area (Å²) in [7, 11) is 0. The Morgan fingerprint density at radius 2 is 1.74 bits per heavy atom. The molecule has 138 valence electrons. The van der Waals surface area contributed by atoms with Crippen LogP contribution in [0, 0.1) is 43.6 Å². The fourth-order valence-electron chi connectivity index (χ4n) is 3.14. The summed E-state index contributed by atoms with van der Waals surface area (Å²) in [4.78, 5) is 15.3. The van der Waals surface area contributed by atoms with Gasteiger partial charge in [-0.05, 0) is 69.7 Å². The van der Waals surface area contributed by atoms with E-state index < -0.39 is 0 Å². The first-order valence-corrected chi connectivity index (χ1v) is 8.52. The van der Waals surface area contributed by atoms with Gasteiger partial charge >= 0.3 is 0 Å². The molecule has 0 fully saturated rings. The molecule has 0 N–H and O–H groups in total. The molecule has 5 nitrogen and oxygen atoms in total. The van der Waals surface area contributed by atoms with Gasteiger partial charge in [0, 0.05) is 40.5 Å². The van der Waals surface area contributed by atoms with Gasteiger partial charge in [0.15, 0.2) is 0 Å². The Morgan fingerprint density at radius 3 is 2.37 bits per heavy atom. The van der Waals surface area contributed by atoms with Gasteiger partial charge < -0.3 is 4.57 Å². The second kappa shape index (κ2) is 7.15. The molecule has 0 spiro atoms. The van der Waals surface area contributed by atoms with E-state index in [9.17, 15) is 14.5 Å². The lowest BCUT2D eigenvalue weighted by molar-refractivity contribution is -0.385. The van der Waals surface area contributed by atoms with E-state index in [2.05, 4.69) is 4.99 Å². The lowest BCUT2D eigenvalue weighted by atomic mass is 10.1. The SMILES string of the molecule is Cc1cc(N=Cc2cc(C)n(-c3ccc(F)cc3)c2C)cc([N+](=O)[O-])c1C. The molecule has 0 aliphatic heterocycles. The van der Waals surface area contributed by atoms with E-state index in [-0.39, 0.29) is 16.4 Å². The van der Waals surface area contributed by atoms with Gasteiger partial charge in [-0.2, -0.15) is 0 Å². The zero-order chi connectivity index (χ0) is 19.7. The molecule has 1 aromatic heterocycles. The van der Waals surface area contributed by atoms with E-state index >= 15 is 0 Å². The van der Waals surface area contributed by atoms with E-state index in [0.717, 1.165) is 28.2 Å². The minimum Gasteiger partial charge on any atom is -0.318 e. The maximum absolute atomic E-state index is 13.2. The molecule has 3 rings (SSSR count). The van der Waals surface area contributed by atoms with Crippen LogP contribution in [0.25, 0.3) is 5.69 Å². The van der Waals surface area contributed by atoms with E-state index in [1.54, 1.807) is 25.3 Å². The third kappa shape index (κ3) is 3.65. The van der Waals surface area contributed by atoms with Gasteiger partial charge in [-0.1, -0.05) is 0 Å². The van der Waals surface area contributed by atoms with E-state index in [1.165, 1.54) is 18.2 Å². The maximum atomic E-state index is 13.2. The number of hydrogen-bond donors (Lipinski definition) is 0. The van der Waals surface area contributed by atoms with Gasteiger partial charge in [-0.3, -0.25) is 15.1 Å². The molecule has 0 unspecified atom stereocenters. The topological polar surface area (TPSA) is 60.4 Å². The summed E-state index contributed by atoms with van der Waals surface area (Å²) in [5.41, 5.74) is 5.80. The number of aliphatic imine (C=N–C) groups is 1. The van der Waals surface area contributed by atoms with Gasteiger partial charge in [-0.25, -0.2) is 4.39 Å². The first-order chi connectivity index (χ1) is 12.8. The van der Waals surface area contributed by atoms with Crippen molar-refractivity contribution in [2.24, 2.45) is 4.99 Å². The van der Waals surface area contributed by atoms with Gasteiger partial charge in [0.05, 0.1) is 10.6 Å². The highest BCUT2D eigenvalue weighted by atomic mass is 19.1. The number of nitro groups is 1. The lowest BCUT2D eigenvalue weighted by Gasteiger charge is -2.09. The first-order valence-electron chi connectivity index (χ1n) is 8.52. The van der Waals surface area contributed by atoms with Crippen molar-refractivity contribution in [2.45, 2.75) is 27.7 Å². The van der Waals surface area contributed by atoms with Crippen molar-refractivity contribution in [3.63, 3.8) is 0 Å². The molecule has 1 heterocycles. The Labute approximate surface area is 157 Å². The van der Waals surface area contributed by atoms with Crippen molar-refractivity contribution < 1.29 is 9.31 Å².